The molecule has 3 aromatic rings. The highest BCUT2D eigenvalue weighted by atomic mass is 19.1. The first-order chi connectivity index (χ1) is 11.5. The summed E-state index contributed by atoms with van der Waals surface area (Å²) in [5, 5.41) is 14.4. The molecule has 0 saturated carbocycles. The minimum Gasteiger partial charge on any atom is -0.409 e. The van der Waals surface area contributed by atoms with Gasteiger partial charge < -0.3 is 16.3 Å². The molecule has 2 aromatic heterocycles. The van der Waals surface area contributed by atoms with Crippen LogP contribution in [0.4, 0.5) is 10.1 Å². The number of imidazole rings is 1. The lowest BCUT2D eigenvalue weighted by Crippen LogP contribution is -2.17. The molecular weight excluding hydrogens is 313 g/mol. The van der Waals surface area contributed by atoms with Crippen LogP contribution in [0.5, 0.6) is 0 Å². The molecule has 7 nitrogen and oxygen atoms in total. The summed E-state index contributed by atoms with van der Waals surface area (Å²) in [7, 11) is 0. The topological polar surface area (TPSA) is 105 Å². The van der Waals surface area contributed by atoms with Gasteiger partial charge in [-0.15, -0.1) is 0 Å². The van der Waals surface area contributed by atoms with Crippen LogP contribution in [0.3, 0.4) is 0 Å². The number of benzene rings is 1. The van der Waals surface area contributed by atoms with Crippen LogP contribution in [-0.2, 0) is 0 Å². The van der Waals surface area contributed by atoms with Crippen molar-refractivity contribution in [3.05, 3.63) is 65.4 Å². The largest absolute Gasteiger partial charge is 0.409 e. The molecule has 0 unspecified atom stereocenters. The zero-order valence-electron chi connectivity index (χ0n) is 12.7. The van der Waals surface area contributed by atoms with Crippen molar-refractivity contribution in [2.75, 3.05) is 5.32 Å². The Morgan fingerprint density at radius 3 is 2.92 bits per heavy atom. The molecule has 0 fully saturated rings. The van der Waals surface area contributed by atoms with Gasteiger partial charge >= 0.3 is 0 Å². The number of hydrogen-bond acceptors (Lipinski definition) is 4. The Bertz CT molecular complexity index is 964. The first-order valence-corrected chi connectivity index (χ1v) is 7.02. The first kappa shape index (κ1) is 15.5. The third kappa shape index (κ3) is 2.76. The normalized spacial score (nSPS) is 11.7. The Morgan fingerprint density at radius 1 is 1.38 bits per heavy atom. The predicted molar refractivity (Wildman–Crippen MR) is 86.8 cm³/mol. The summed E-state index contributed by atoms with van der Waals surface area (Å²) < 4.78 is 14.8. The number of aryl methyl sites for hydroxylation is 1. The number of aromatic nitrogens is 2. The fraction of sp³-hybridized carbons (Fsp3) is 0.0625. The van der Waals surface area contributed by atoms with Crippen LogP contribution in [0.2, 0.25) is 0 Å². The lowest BCUT2D eigenvalue weighted by atomic mass is 10.1. The number of halogens is 1. The van der Waals surface area contributed by atoms with Crippen molar-refractivity contribution in [3.63, 3.8) is 0 Å². The van der Waals surface area contributed by atoms with Gasteiger partial charge in [-0.05, 0) is 30.7 Å². The molecule has 0 aliphatic carbocycles. The first-order valence-electron chi connectivity index (χ1n) is 7.02. The van der Waals surface area contributed by atoms with Gasteiger partial charge in [-0.3, -0.25) is 9.20 Å². The summed E-state index contributed by atoms with van der Waals surface area (Å²) in [6, 6.07) is 7.75. The molecule has 0 radical (unpaired) electrons. The molecule has 2 heterocycles. The molecule has 0 saturated heterocycles. The molecule has 24 heavy (non-hydrogen) atoms. The maximum atomic E-state index is 13.4. The highest BCUT2D eigenvalue weighted by Crippen LogP contribution is 2.18. The van der Waals surface area contributed by atoms with Crippen molar-refractivity contribution >= 4 is 23.1 Å². The van der Waals surface area contributed by atoms with E-state index in [0.717, 1.165) is 5.56 Å². The van der Waals surface area contributed by atoms with Crippen LogP contribution in [0.15, 0.2) is 47.9 Å². The number of carbonyl (C=O) groups is 1. The Kier molecular flexibility index (Phi) is 3.87. The summed E-state index contributed by atoms with van der Waals surface area (Å²) in [5.74, 6) is -0.991. The number of rotatable bonds is 3. The molecule has 0 atom stereocenters. The third-order valence-electron chi connectivity index (χ3n) is 3.59. The average molecular weight is 327 g/mol. The monoisotopic (exact) mass is 327 g/mol. The standard InChI is InChI=1S/C16H14FN5O2/c1-9-2-3-10(15(18)21-24)6-12(9)20-16(23)13-7-19-14-5-4-11(17)8-22(13)14/h2-8,24H,1H3,(H2,18,21)(H,20,23). The molecule has 1 aromatic carbocycles. The molecule has 1 amide bonds. The number of pyridine rings is 1. The maximum Gasteiger partial charge on any atom is 0.274 e. The zero-order valence-corrected chi connectivity index (χ0v) is 12.7. The number of hydrogen-bond donors (Lipinski definition) is 3. The fourth-order valence-corrected chi connectivity index (χ4v) is 2.28. The average Bonchev–Trinajstić information content (AvgIpc) is 2.99. The van der Waals surface area contributed by atoms with Crippen molar-refractivity contribution in [1.82, 2.24) is 9.38 Å². The summed E-state index contributed by atoms with van der Waals surface area (Å²) in [6.45, 7) is 1.81. The molecule has 0 aliphatic rings. The number of fused-ring (bicyclic) bond motifs is 1. The SMILES string of the molecule is Cc1ccc(/C(N)=N\O)cc1NC(=O)c1cnc2ccc(F)cn12. The van der Waals surface area contributed by atoms with Crippen LogP contribution in [0.1, 0.15) is 21.6 Å². The number of amidine groups is 1. The zero-order chi connectivity index (χ0) is 17.3. The lowest BCUT2D eigenvalue weighted by molar-refractivity contribution is 0.102. The van der Waals surface area contributed by atoms with Gasteiger partial charge in [-0.2, -0.15) is 0 Å². The van der Waals surface area contributed by atoms with Crippen LogP contribution >= 0.6 is 0 Å². The molecule has 4 N–H and O–H groups in total. The van der Waals surface area contributed by atoms with E-state index in [1.165, 1.54) is 28.9 Å². The van der Waals surface area contributed by atoms with E-state index in [4.69, 9.17) is 10.9 Å². The van der Waals surface area contributed by atoms with Crippen LogP contribution in [0.25, 0.3) is 5.65 Å². The van der Waals surface area contributed by atoms with E-state index < -0.39 is 11.7 Å². The molecule has 0 bridgehead atoms. The summed E-state index contributed by atoms with van der Waals surface area (Å²) >= 11 is 0. The predicted octanol–water partition coefficient (Wildman–Crippen LogP) is 2.13. The summed E-state index contributed by atoms with van der Waals surface area (Å²) in [4.78, 5) is 16.6. The van der Waals surface area contributed by atoms with Gasteiger partial charge in [0, 0.05) is 17.4 Å². The van der Waals surface area contributed by atoms with E-state index in [-0.39, 0.29) is 11.5 Å². The van der Waals surface area contributed by atoms with Crippen molar-refractivity contribution in [2.24, 2.45) is 10.9 Å². The number of amides is 1. The number of nitrogens with one attached hydrogen (secondary N) is 1. The Balaban J connectivity index is 1.96. The van der Waals surface area contributed by atoms with Gasteiger partial charge in [0.15, 0.2) is 5.84 Å². The third-order valence-corrected chi connectivity index (χ3v) is 3.59. The summed E-state index contributed by atoms with van der Waals surface area (Å²) in [6.07, 6.45) is 2.56. The minimum absolute atomic E-state index is 0.0672. The van der Waals surface area contributed by atoms with Crippen molar-refractivity contribution in [2.45, 2.75) is 6.92 Å². The summed E-state index contributed by atoms with van der Waals surface area (Å²) in [5.41, 5.74) is 7.96. The molecular formula is C16H14FN5O2. The second-order valence-corrected chi connectivity index (χ2v) is 5.19. The maximum absolute atomic E-state index is 13.4. The van der Waals surface area contributed by atoms with E-state index in [2.05, 4.69) is 15.5 Å². The lowest BCUT2D eigenvalue weighted by Gasteiger charge is -2.10. The van der Waals surface area contributed by atoms with E-state index in [0.29, 0.717) is 16.9 Å². The quantitative estimate of drug-likeness (QED) is 0.296. The highest BCUT2D eigenvalue weighted by Gasteiger charge is 2.14. The van der Waals surface area contributed by atoms with E-state index in [1.54, 1.807) is 25.1 Å². The van der Waals surface area contributed by atoms with Crippen molar-refractivity contribution in [3.8, 4) is 0 Å². The fourth-order valence-electron chi connectivity index (χ4n) is 2.28. The minimum atomic E-state index is -0.473. The van der Waals surface area contributed by atoms with Crippen LogP contribution < -0.4 is 11.1 Å². The molecule has 0 aliphatic heterocycles. The van der Waals surface area contributed by atoms with Gasteiger partial charge in [0.05, 0.1) is 6.20 Å². The Morgan fingerprint density at radius 2 is 2.17 bits per heavy atom. The smallest absolute Gasteiger partial charge is 0.274 e. The highest BCUT2D eigenvalue weighted by molar-refractivity contribution is 6.05. The number of nitrogens with two attached hydrogens (primary N) is 1. The van der Waals surface area contributed by atoms with Gasteiger partial charge in [-0.1, -0.05) is 17.3 Å². The number of anilines is 1. The van der Waals surface area contributed by atoms with E-state index in [9.17, 15) is 9.18 Å². The number of oxime groups is 1. The number of carbonyl (C=O) groups excluding carboxylic acids is 1. The van der Waals surface area contributed by atoms with Crippen LogP contribution in [-0.4, -0.2) is 26.3 Å². The molecule has 0 spiro atoms. The second-order valence-electron chi connectivity index (χ2n) is 5.19. The van der Waals surface area contributed by atoms with E-state index in [1.807, 2.05) is 0 Å². The van der Waals surface area contributed by atoms with Crippen molar-refractivity contribution < 1.29 is 14.4 Å². The van der Waals surface area contributed by atoms with Crippen LogP contribution in [0, 0.1) is 12.7 Å². The number of nitrogens with zero attached hydrogens (tertiary/aromatic N) is 3. The molecule has 8 heteroatoms. The van der Waals surface area contributed by atoms with Gasteiger partial charge in [0.1, 0.15) is 17.2 Å². The molecule has 3 rings (SSSR count). The molecule has 122 valence electrons. The van der Waals surface area contributed by atoms with Gasteiger partial charge in [0.25, 0.3) is 5.91 Å². The van der Waals surface area contributed by atoms with Crippen molar-refractivity contribution in [1.29, 1.82) is 0 Å². The van der Waals surface area contributed by atoms with Gasteiger partial charge in [-0.25, -0.2) is 9.37 Å². The van der Waals surface area contributed by atoms with E-state index >= 15 is 0 Å². The van der Waals surface area contributed by atoms with Gasteiger partial charge in [0.2, 0.25) is 0 Å². The Hall–Kier alpha value is -3.42. The Labute approximate surface area is 136 Å². The second kappa shape index (κ2) is 5.99.